The summed E-state index contributed by atoms with van der Waals surface area (Å²) in [7, 11) is 0. The maximum absolute atomic E-state index is 12.6. The number of carboxylic acids is 1. The Balaban J connectivity index is 1.85. The maximum Gasteiger partial charge on any atom is 0.345 e. The highest BCUT2D eigenvalue weighted by Crippen LogP contribution is 2.17. The van der Waals surface area contributed by atoms with E-state index in [-0.39, 0.29) is 17.3 Å². The van der Waals surface area contributed by atoms with Gasteiger partial charge in [-0.2, -0.15) is 0 Å². The number of thiophene rings is 1. The summed E-state index contributed by atoms with van der Waals surface area (Å²) in [4.78, 5) is 16.7. The molecule has 1 heterocycles. The van der Waals surface area contributed by atoms with Crippen LogP contribution in [0.3, 0.4) is 0 Å². The van der Waals surface area contributed by atoms with Crippen LogP contribution in [-0.4, -0.2) is 17.3 Å². The average molecular weight is 279 g/mol. The Morgan fingerprint density at radius 1 is 1.32 bits per heavy atom. The van der Waals surface area contributed by atoms with E-state index in [9.17, 15) is 9.18 Å². The van der Waals surface area contributed by atoms with Crippen LogP contribution in [0, 0.1) is 5.82 Å². The Hall–Kier alpha value is -2.21. The molecule has 0 aliphatic carbocycles. The number of carboxylic acid groups (broad SMARTS) is 1. The van der Waals surface area contributed by atoms with E-state index in [1.807, 2.05) is 0 Å². The van der Waals surface area contributed by atoms with Crippen LogP contribution in [0.2, 0.25) is 0 Å². The van der Waals surface area contributed by atoms with E-state index in [4.69, 9.17) is 9.94 Å². The van der Waals surface area contributed by atoms with E-state index < -0.39 is 5.97 Å². The normalized spacial score (nSPS) is 10.8. The van der Waals surface area contributed by atoms with Crippen LogP contribution in [0.4, 0.5) is 4.39 Å². The van der Waals surface area contributed by atoms with E-state index in [0.29, 0.717) is 0 Å². The minimum Gasteiger partial charge on any atom is -0.477 e. The van der Waals surface area contributed by atoms with E-state index in [1.54, 1.807) is 18.2 Å². The molecule has 1 N–H and O–H groups in total. The van der Waals surface area contributed by atoms with Crippen LogP contribution in [0.5, 0.6) is 0 Å². The highest BCUT2D eigenvalue weighted by Gasteiger charge is 2.06. The molecule has 0 saturated heterocycles. The quantitative estimate of drug-likeness (QED) is 0.675. The maximum atomic E-state index is 12.6. The molecule has 4 nitrogen and oxygen atoms in total. The van der Waals surface area contributed by atoms with Gasteiger partial charge in [-0.25, -0.2) is 9.18 Å². The van der Waals surface area contributed by atoms with Crippen molar-refractivity contribution in [1.29, 1.82) is 0 Å². The molecule has 0 spiro atoms. The number of benzene rings is 1. The van der Waals surface area contributed by atoms with Crippen molar-refractivity contribution in [3.05, 3.63) is 57.5 Å². The lowest BCUT2D eigenvalue weighted by Crippen LogP contribution is -1.89. The molecular formula is C13H10FNO3S. The molecule has 1 aromatic heterocycles. The van der Waals surface area contributed by atoms with Gasteiger partial charge in [-0.05, 0) is 29.8 Å². The Kier molecular flexibility index (Phi) is 4.25. The van der Waals surface area contributed by atoms with Crippen LogP contribution in [0.15, 0.2) is 41.6 Å². The second-order valence-electron chi connectivity index (χ2n) is 3.63. The van der Waals surface area contributed by atoms with Crippen molar-refractivity contribution in [1.82, 2.24) is 0 Å². The lowest BCUT2D eigenvalue weighted by Gasteiger charge is -1.96. The van der Waals surface area contributed by atoms with E-state index in [0.717, 1.165) is 21.8 Å². The standard InChI is InChI=1S/C13H10FNO3S/c14-10-3-1-9(2-4-10)7-15-18-8-11-5-6-12(19-11)13(16)17/h1-7H,8H2,(H,16,17)/b15-7+. The largest absolute Gasteiger partial charge is 0.477 e. The van der Waals surface area contributed by atoms with Crippen LogP contribution < -0.4 is 0 Å². The number of hydrogen-bond acceptors (Lipinski definition) is 4. The fraction of sp³-hybridized carbons (Fsp3) is 0.0769. The number of aromatic carboxylic acids is 1. The van der Waals surface area contributed by atoms with Gasteiger partial charge in [0.15, 0.2) is 6.61 Å². The number of rotatable bonds is 5. The topological polar surface area (TPSA) is 58.9 Å². The Morgan fingerprint density at radius 3 is 2.68 bits per heavy atom. The number of nitrogens with zero attached hydrogens (tertiary/aromatic N) is 1. The molecule has 1 aromatic carbocycles. The minimum atomic E-state index is -0.953. The minimum absolute atomic E-state index is 0.204. The molecule has 0 saturated carbocycles. The third-order valence-electron chi connectivity index (χ3n) is 2.23. The Morgan fingerprint density at radius 2 is 2.05 bits per heavy atom. The fourth-order valence-corrected chi connectivity index (χ4v) is 2.07. The second-order valence-corrected chi connectivity index (χ2v) is 4.80. The molecule has 2 rings (SSSR count). The van der Waals surface area contributed by atoms with Gasteiger partial charge < -0.3 is 9.94 Å². The van der Waals surface area contributed by atoms with E-state index >= 15 is 0 Å². The number of oxime groups is 1. The molecule has 0 unspecified atom stereocenters. The summed E-state index contributed by atoms with van der Waals surface area (Å²) in [5, 5.41) is 12.5. The molecule has 98 valence electrons. The monoisotopic (exact) mass is 279 g/mol. The zero-order chi connectivity index (χ0) is 13.7. The molecular weight excluding hydrogens is 269 g/mol. The molecule has 0 aliphatic rings. The predicted octanol–water partition coefficient (Wildman–Crippen LogP) is 3.14. The van der Waals surface area contributed by atoms with Gasteiger partial charge in [0.05, 0.1) is 6.21 Å². The summed E-state index contributed by atoms with van der Waals surface area (Å²) >= 11 is 1.14. The van der Waals surface area contributed by atoms with Crippen LogP contribution >= 0.6 is 11.3 Å². The van der Waals surface area contributed by atoms with E-state index in [1.165, 1.54) is 24.4 Å². The summed E-state index contributed by atoms with van der Waals surface area (Å²) in [6.07, 6.45) is 1.46. The summed E-state index contributed by atoms with van der Waals surface area (Å²) in [6.45, 7) is 0.204. The van der Waals surface area contributed by atoms with Crippen molar-refractivity contribution >= 4 is 23.5 Å². The second kappa shape index (κ2) is 6.10. The number of halogens is 1. The van der Waals surface area contributed by atoms with Gasteiger partial charge in [0.1, 0.15) is 10.7 Å². The van der Waals surface area contributed by atoms with Crippen LogP contribution in [0.1, 0.15) is 20.1 Å². The smallest absolute Gasteiger partial charge is 0.345 e. The Labute approximate surface area is 112 Å². The molecule has 0 bridgehead atoms. The molecule has 2 aromatic rings. The van der Waals surface area contributed by atoms with Gasteiger partial charge in [0.25, 0.3) is 0 Å². The van der Waals surface area contributed by atoms with Gasteiger partial charge in [-0.3, -0.25) is 0 Å². The third-order valence-corrected chi connectivity index (χ3v) is 3.27. The van der Waals surface area contributed by atoms with Crippen molar-refractivity contribution in [2.24, 2.45) is 5.16 Å². The SMILES string of the molecule is O=C(O)c1ccc(CO/N=C/c2ccc(F)cc2)s1. The zero-order valence-corrected chi connectivity index (χ0v) is 10.6. The number of carbonyl (C=O) groups is 1. The molecule has 0 radical (unpaired) electrons. The first-order valence-corrected chi connectivity index (χ1v) is 6.20. The van der Waals surface area contributed by atoms with Gasteiger partial charge in [-0.1, -0.05) is 17.3 Å². The summed E-state index contributed by atoms with van der Waals surface area (Å²) in [5.41, 5.74) is 0.721. The number of hydrogen-bond donors (Lipinski definition) is 1. The summed E-state index contributed by atoms with van der Waals surface area (Å²) < 4.78 is 12.6. The lowest BCUT2D eigenvalue weighted by atomic mass is 10.2. The van der Waals surface area contributed by atoms with Crippen molar-refractivity contribution < 1.29 is 19.1 Å². The van der Waals surface area contributed by atoms with Gasteiger partial charge in [-0.15, -0.1) is 11.3 Å². The molecule has 6 heteroatoms. The van der Waals surface area contributed by atoms with Crippen LogP contribution in [-0.2, 0) is 11.4 Å². The van der Waals surface area contributed by atoms with Gasteiger partial charge >= 0.3 is 5.97 Å². The molecule has 0 fully saturated rings. The lowest BCUT2D eigenvalue weighted by molar-refractivity contribution is 0.0702. The fourth-order valence-electron chi connectivity index (χ4n) is 1.32. The highest BCUT2D eigenvalue weighted by atomic mass is 32.1. The first kappa shape index (κ1) is 13.2. The van der Waals surface area contributed by atoms with Crippen molar-refractivity contribution in [3.8, 4) is 0 Å². The Bertz CT molecular complexity index is 592. The molecule has 0 amide bonds. The summed E-state index contributed by atoms with van der Waals surface area (Å²) in [5.74, 6) is -1.26. The summed E-state index contributed by atoms with van der Waals surface area (Å²) in [6, 6.07) is 9.03. The van der Waals surface area contributed by atoms with Gasteiger partial charge in [0.2, 0.25) is 0 Å². The van der Waals surface area contributed by atoms with E-state index in [2.05, 4.69) is 5.16 Å². The van der Waals surface area contributed by atoms with Crippen molar-refractivity contribution in [3.63, 3.8) is 0 Å². The predicted molar refractivity (Wildman–Crippen MR) is 70.1 cm³/mol. The third kappa shape index (κ3) is 3.89. The van der Waals surface area contributed by atoms with Crippen molar-refractivity contribution in [2.75, 3.05) is 0 Å². The first-order chi connectivity index (χ1) is 9.15. The van der Waals surface area contributed by atoms with Crippen molar-refractivity contribution in [2.45, 2.75) is 6.61 Å². The first-order valence-electron chi connectivity index (χ1n) is 5.38. The molecule has 19 heavy (non-hydrogen) atoms. The average Bonchev–Trinajstić information content (AvgIpc) is 2.86. The molecule has 0 aliphatic heterocycles. The zero-order valence-electron chi connectivity index (χ0n) is 9.75. The van der Waals surface area contributed by atoms with Gasteiger partial charge in [0, 0.05) is 4.88 Å². The highest BCUT2D eigenvalue weighted by molar-refractivity contribution is 7.13. The molecule has 0 atom stereocenters. The van der Waals surface area contributed by atoms with Crippen LogP contribution in [0.25, 0.3) is 0 Å².